The van der Waals surface area contributed by atoms with Crippen molar-refractivity contribution in [2.75, 3.05) is 5.32 Å². The van der Waals surface area contributed by atoms with Crippen molar-refractivity contribution >= 4 is 11.6 Å². The van der Waals surface area contributed by atoms with E-state index in [-0.39, 0.29) is 18.1 Å². The van der Waals surface area contributed by atoms with Crippen molar-refractivity contribution in [1.82, 2.24) is 14.8 Å². The van der Waals surface area contributed by atoms with Gasteiger partial charge in [0, 0.05) is 18.1 Å². The molecule has 3 heterocycles. The van der Waals surface area contributed by atoms with Crippen LogP contribution in [0.25, 0.3) is 0 Å². The number of nitrogens with zero attached hydrogens (tertiary/aromatic N) is 3. The number of amides is 1. The fourth-order valence-electron chi connectivity index (χ4n) is 2.22. The smallest absolute Gasteiger partial charge is 0.291 e. The second kappa shape index (κ2) is 7.38. The van der Waals surface area contributed by atoms with Crippen molar-refractivity contribution in [3.8, 4) is 0 Å². The van der Waals surface area contributed by atoms with Crippen molar-refractivity contribution < 1.29 is 26.8 Å². The molecule has 0 fully saturated rings. The van der Waals surface area contributed by atoms with Gasteiger partial charge in [0.1, 0.15) is 17.1 Å². The molecule has 1 N–H and O–H groups in total. The highest BCUT2D eigenvalue weighted by atomic mass is 19.3. The summed E-state index contributed by atoms with van der Waals surface area (Å²) in [5, 5.41) is 6.04. The summed E-state index contributed by atoms with van der Waals surface area (Å²) in [6.07, 6.45) is -2.95. The third kappa shape index (κ3) is 3.90. The van der Waals surface area contributed by atoms with Gasteiger partial charge in [-0.15, -0.1) is 0 Å². The van der Waals surface area contributed by atoms with Crippen molar-refractivity contribution in [3.05, 3.63) is 65.6 Å². The number of hydrogen-bond donors (Lipinski definition) is 1. The van der Waals surface area contributed by atoms with Gasteiger partial charge in [-0.25, -0.2) is 17.6 Å². The van der Waals surface area contributed by atoms with Gasteiger partial charge in [-0.2, -0.15) is 5.10 Å². The van der Waals surface area contributed by atoms with E-state index in [2.05, 4.69) is 15.4 Å². The number of pyridine rings is 1. The van der Waals surface area contributed by atoms with Crippen LogP contribution < -0.4 is 5.32 Å². The number of hydrogen-bond acceptors (Lipinski definition) is 4. The first kappa shape index (κ1) is 17.6. The Hall–Kier alpha value is -3.17. The molecule has 0 aliphatic rings. The fraction of sp³-hybridized carbons (Fsp3) is 0.188. The summed E-state index contributed by atoms with van der Waals surface area (Å²) in [5.41, 5.74) is -0.904. The SMILES string of the molecule is O=C(Nc1ccncc1)c1ccc(Cn2nc(C(F)F)cc2C(F)F)o1. The van der Waals surface area contributed by atoms with Crippen molar-refractivity contribution in [2.45, 2.75) is 19.4 Å². The van der Waals surface area contributed by atoms with Crippen LogP contribution in [0.3, 0.4) is 0 Å². The summed E-state index contributed by atoms with van der Waals surface area (Å²) >= 11 is 0. The highest BCUT2D eigenvalue weighted by Crippen LogP contribution is 2.26. The first-order valence-electron chi connectivity index (χ1n) is 7.38. The van der Waals surface area contributed by atoms with E-state index >= 15 is 0 Å². The lowest BCUT2D eigenvalue weighted by atomic mass is 10.3. The number of carbonyl (C=O) groups is 1. The maximum Gasteiger partial charge on any atom is 0.291 e. The second-order valence-electron chi connectivity index (χ2n) is 5.21. The van der Waals surface area contributed by atoms with Gasteiger partial charge < -0.3 is 9.73 Å². The number of aromatic nitrogens is 3. The number of halogens is 4. The molecule has 3 aromatic rings. The lowest BCUT2D eigenvalue weighted by Gasteiger charge is -2.05. The zero-order chi connectivity index (χ0) is 18.7. The first-order chi connectivity index (χ1) is 12.4. The second-order valence-corrected chi connectivity index (χ2v) is 5.21. The lowest BCUT2D eigenvalue weighted by Crippen LogP contribution is -2.11. The molecule has 0 saturated heterocycles. The molecule has 6 nitrogen and oxygen atoms in total. The quantitative estimate of drug-likeness (QED) is 0.667. The molecule has 0 spiro atoms. The molecule has 0 radical (unpaired) electrons. The van der Waals surface area contributed by atoms with Crippen LogP contribution in [-0.2, 0) is 6.54 Å². The molecule has 0 atom stereocenters. The molecule has 0 aliphatic carbocycles. The number of nitrogens with one attached hydrogen (secondary N) is 1. The van der Waals surface area contributed by atoms with Gasteiger partial charge in [0.15, 0.2) is 5.76 Å². The van der Waals surface area contributed by atoms with Gasteiger partial charge in [-0.3, -0.25) is 14.5 Å². The van der Waals surface area contributed by atoms with Crippen LogP contribution >= 0.6 is 0 Å². The Labute approximate surface area is 144 Å². The molecular weight excluding hydrogens is 356 g/mol. The average Bonchev–Trinajstić information content (AvgIpc) is 3.23. The largest absolute Gasteiger partial charge is 0.454 e. The van der Waals surface area contributed by atoms with Crippen molar-refractivity contribution in [3.63, 3.8) is 0 Å². The lowest BCUT2D eigenvalue weighted by molar-refractivity contribution is 0.0994. The predicted molar refractivity (Wildman–Crippen MR) is 82.1 cm³/mol. The van der Waals surface area contributed by atoms with E-state index in [1.807, 2.05) is 0 Å². The number of carbonyl (C=O) groups excluding carboxylic acids is 1. The van der Waals surface area contributed by atoms with Crippen LogP contribution in [0.4, 0.5) is 23.2 Å². The van der Waals surface area contributed by atoms with Gasteiger partial charge in [0.25, 0.3) is 18.8 Å². The molecule has 0 aromatic carbocycles. The van der Waals surface area contributed by atoms with Crippen LogP contribution in [0.1, 0.15) is 40.6 Å². The van der Waals surface area contributed by atoms with E-state index in [9.17, 15) is 22.4 Å². The van der Waals surface area contributed by atoms with Crippen LogP contribution in [0.5, 0.6) is 0 Å². The Morgan fingerprint density at radius 1 is 1.12 bits per heavy atom. The van der Waals surface area contributed by atoms with Gasteiger partial charge in [0.2, 0.25) is 0 Å². The van der Waals surface area contributed by atoms with E-state index in [4.69, 9.17) is 4.42 Å². The Morgan fingerprint density at radius 2 is 1.85 bits per heavy atom. The molecule has 26 heavy (non-hydrogen) atoms. The van der Waals surface area contributed by atoms with Crippen molar-refractivity contribution in [1.29, 1.82) is 0 Å². The summed E-state index contributed by atoms with van der Waals surface area (Å²) in [4.78, 5) is 15.9. The molecule has 0 saturated carbocycles. The summed E-state index contributed by atoms with van der Waals surface area (Å²) < 4.78 is 57.3. The molecule has 0 bridgehead atoms. The minimum absolute atomic E-state index is 0.0587. The van der Waals surface area contributed by atoms with Crippen LogP contribution in [0.15, 0.2) is 47.1 Å². The third-order valence-corrected chi connectivity index (χ3v) is 3.41. The Bertz CT molecular complexity index is 893. The summed E-state index contributed by atoms with van der Waals surface area (Å²) in [6, 6.07) is 6.54. The Kier molecular flexibility index (Phi) is 5.01. The zero-order valence-electron chi connectivity index (χ0n) is 13.1. The standard InChI is InChI=1S/C16H12F4N4O2/c17-14(18)11-7-12(15(19)20)24(23-11)8-10-1-2-13(26-10)16(25)22-9-3-5-21-6-4-9/h1-7,14-15H,8H2,(H,21,22,25). The predicted octanol–water partition coefficient (Wildman–Crippen LogP) is 4.05. The van der Waals surface area contributed by atoms with Gasteiger partial charge in [0.05, 0.1) is 6.54 Å². The number of anilines is 1. The number of alkyl halides is 4. The van der Waals surface area contributed by atoms with E-state index < -0.39 is 30.1 Å². The molecule has 136 valence electrons. The minimum atomic E-state index is -2.97. The molecule has 3 rings (SSSR count). The van der Waals surface area contributed by atoms with E-state index in [0.29, 0.717) is 11.8 Å². The Balaban J connectivity index is 1.75. The third-order valence-electron chi connectivity index (χ3n) is 3.41. The molecular formula is C16H12F4N4O2. The van der Waals surface area contributed by atoms with Gasteiger partial charge in [-0.1, -0.05) is 0 Å². The van der Waals surface area contributed by atoms with Crippen LogP contribution in [0.2, 0.25) is 0 Å². The summed E-state index contributed by atoms with van der Waals surface area (Å²) in [5.74, 6) is -0.488. The Morgan fingerprint density at radius 3 is 2.50 bits per heavy atom. The van der Waals surface area contributed by atoms with Gasteiger partial charge >= 0.3 is 0 Å². The van der Waals surface area contributed by atoms with Crippen LogP contribution in [0, 0.1) is 0 Å². The van der Waals surface area contributed by atoms with E-state index in [0.717, 1.165) is 4.68 Å². The zero-order valence-corrected chi connectivity index (χ0v) is 13.1. The normalized spacial score (nSPS) is 11.3. The summed E-state index contributed by atoms with van der Waals surface area (Å²) in [6.45, 7) is -0.311. The summed E-state index contributed by atoms with van der Waals surface area (Å²) in [7, 11) is 0. The van der Waals surface area contributed by atoms with E-state index in [1.54, 1.807) is 12.1 Å². The topological polar surface area (TPSA) is 73.0 Å². The first-order valence-corrected chi connectivity index (χ1v) is 7.38. The molecule has 0 unspecified atom stereocenters. The number of rotatable bonds is 6. The monoisotopic (exact) mass is 368 g/mol. The molecule has 10 heteroatoms. The van der Waals surface area contributed by atoms with E-state index in [1.165, 1.54) is 24.5 Å². The highest BCUT2D eigenvalue weighted by molar-refractivity contribution is 6.02. The minimum Gasteiger partial charge on any atom is -0.454 e. The van der Waals surface area contributed by atoms with Gasteiger partial charge in [-0.05, 0) is 30.3 Å². The average molecular weight is 368 g/mol. The molecule has 1 amide bonds. The molecule has 0 aliphatic heterocycles. The fourth-order valence-corrected chi connectivity index (χ4v) is 2.22. The highest BCUT2D eigenvalue weighted by Gasteiger charge is 2.22. The van der Waals surface area contributed by atoms with Crippen LogP contribution in [-0.4, -0.2) is 20.7 Å². The van der Waals surface area contributed by atoms with Crippen molar-refractivity contribution in [2.24, 2.45) is 0 Å². The number of furan rings is 1. The molecule has 3 aromatic heterocycles. The maximum absolute atomic E-state index is 13.0. The maximum atomic E-state index is 13.0.